The lowest BCUT2D eigenvalue weighted by Crippen LogP contribution is -2.21. The Morgan fingerprint density at radius 2 is 2.05 bits per heavy atom. The maximum Gasteiger partial charge on any atom is 0.174 e. The summed E-state index contributed by atoms with van der Waals surface area (Å²) >= 11 is 0. The van der Waals surface area contributed by atoms with Crippen LogP contribution in [0.15, 0.2) is 28.8 Å². The average molecular weight is 274 g/mol. The number of rotatable bonds is 6. The Morgan fingerprint density at radius 1 is 1.25 bits per heavy atom. The fourth-order valence-corrected chi connectivity index (χ4v) is 1.93. The van der Waals surface area contributed by atoms with Crippen LogP contribution >= 0.6 is 0 Å². The van der Waals surface area contributed by atoms with E-state index in [1.807, 2.05) is 25.1 Å². The van der Waals surface area contributed by atoms with Crippen LogP contribution in [-0.2, 0) is 13.2 Å². The van der Waals surface area contributed by atoms with Crippen LogP contribution in [0.4, 0.5) is 0 Å². The lowest BCUT2D eigenvalue weighted by Gasteiger charge is -2.07. The van der Waals surface area contributed by atoms with Crippen LogP contribution in [0, 0.1) is 13.8 Å². The highest BCUT2D eigenvalue weighted by Gasteiger charge is 2.06. The van der Waals surface area contributed by atoms with Crippen LogP contribution in [0.3, 0.4) is 0 Å². The van der Waals surface area contributed by atoms with Crippen molar-refractivity contribution in [3.63, 3.8) is 0 Å². The first kappa shape index (κ1) is 14.6. The Hall–Kier alpha value is -1.81. The minimum Gasteiger partial charge on any atom is -0.485 e. The third-order valence-electron chi connectivity index (χ3n) is 3.00. The maximum atomic E-state index is 5.76. The lowest BCUT2D eigenvalue weighted by atomic mass is 10.1. The second-order valence-corrected chi connectivity index (χ2v) is 5.38. The monoisotopic (exact) mass is 274 g/mol. The van der Waals surface area contributed by atoms with E-state index in [0.29, 0.717) is 19.2 Å². The van der Waals surface area contributed by atoms with Gasteiger partial charge in [0.25, 0.3) is 0 Å². The molecule has 1 N–H and O–H groups in total. The molecule has 0 saturated carbocycles. The number of hydrogen-bond donors (Lipinski definition) is 1. The number of benzene rings is 1. The molecule has 0 spiro atoms. The standard InChI is InChI=1S/C16H22N2O2/c1-11(2)17-9-14-8-15(20-18-14)10-19-16-6-5-12(3)7-13(16)4/h5-8,11,17H,9-10H2,1-4H3. The molecular weight excluding hydrogens is 252 g/mol. The second kappa shape index (κ2) is 6.57. The van der Waals surface area contributed by atoms with Crippen LogP contribution in [0.2, 0.25) is 0 Å². The molecule has 0 aliphatic heterocycles. The summed E-state index contributed by atoms with van der Waals surface area (Å²) in [5.74, 6) is 1.62. The minimum atomic E-state index is 0.401. The molecule has 1 aromatic carbocycles. The van der Waals surface area contributed by atoms with Gasteiger partial charge < -0.3 is 14.6 Å². The molecule has 4 heteroatoms. The zero-order chi connectivity index (χ0) is 14.5. The van der Waals surface area contributed by atoms with Crippen LogP contribution in [0.1, 0.15) is 36.4 Å². The van der Waals surface area contributed by atoms with E-state index in [-0.39, 0.29) is 0 Å². The van der Waals surface area contributed by atoms with Gasteiger partial charge in [-0.3, -0.25) is 0 Å². The van der Waals surface area contributed by atoms with Crippen molar-refractivity contribution < 1.29 is 9.26 Å². The summed E-state index contributed by atoms with van der Waals surface area (Å²) in [5.41, 5.74) is 3.26. The highest BCUT2D eigenvalue weighted by atomic mass is 16.5. The molecule has 0 atom stereocenters. The molecule has 4 nitrogen and oxygen atoms in total. The predicted octanol–water partition coefficient (Wildman–Crippen LogP) is 3.37. The van der Waals surface area contributed by atoms with Gasteiger partial charge in [0.15, 0.2) is 5.76 Å². The third kappa shape index (κ3) is 4.10. The first-order valence-corrected chi connectivity index (χ1v) is 6.92. The summed E-state index contributed by atoms with van der Waals surface area (Å²) in [6.45, 7) is 9.43. The van der Waals surface area contributed by atoms with Gasteiger partial charge in [0.1, 0.15) is 12.4 Å². The van der Waals surface area contributed by atoms with Gasteiger partial charge in [0.05, 0.1) is 5.69 Å². The fourth-order valence-electron chi connectivity index (χ4n) is 1.93. The van der Waals surface area contributed by atoms with Crippen molar-refractivity contribution >= 4 is 0 Å². The summed E-state index contributed by atoms with van der Waals surface area (Å²) in [4.78, 5) is 0. The molecule has 0 amide bonds. The van der Waals surface area contributed by atoms with Crippen LogP contribution in [0.25, 0.3) is 0 Å². The molecule has 2 aromatic rings. The Balaban J connectivity index is 1.90. The Bertz CT molecular complexity index is 561. The molecule has 0 radical (unpaired) electrons. The van der Waals surface area contributed by atoms with Crippen LogP contribution < -0.4 is 10.1 Å². The zero-order valence-electron chi connectivity index (χ0n) is 12.6. The van der Waals surface area contributed by atoms with E-state index in [1.54, 1.807) is 0 Å². The van der Waals surface area contributed by atoms with Gasteiger partial charge in [-0.1, -0.05) is 36.7 Å². The normalized spacial score (nSPS) is 11.1. The van der Waals surface area contributed by atoms with Crippen LogP contribution in [-0.4, -0.2) is 11.2 Å². The first-order valence-electron chi connectivity index (χ1n) is 6.92. The molecular formula is C16H22N2O2. The first-order chi connectivity index (χ1) is 9.54. The van der Waals surface area contributed by atoms with Crippen molar-refractivity contribution in [3.8, 4) is 5.75 Å². The van der Waals surface area contributed by atoms with Crippen molar-refractivity contribution in [1.82, 2.24) is 10.5 Å². The van der Waals surface area contributed by atoms with Crippen LogP contribution in [0.5, 0.6) is 5.75 Å². The van der Waals surface area contributed by atoms with Gasteiger partial charge in [-0.15, -0.1) is 0 Å². The second-order valence-electron chi connectivity index (χ2n) is 5.38. The largest absolute Gasteiger partial charge is 0.485 e. The molecule has 108 valence electrons. The molecule has 0 aliphatic rings. The third-order valence-corrected chi connectivity index (χ3v) is 3.00. The Kier molecular flexibility index (Phi) is 4.79. The quantitative estimate of drug-likeness (QED) is 0.877. The average Bonchev–Trinajstić information content (AvgIpc) is 2.83. The van der Waals surface area contributed by atoms with Gasteiger partial charge in [0, 0.05) is 18.7 Å². The van der Waals surface area contributed by atoms with E-state index < -0.39 is 0 Å². The lowest BCUT2D eigenvalue weighted by molar-refractivity contribution is 0.247. The molecule has 0 bridgehead atoms. The summed E-state index contributed by atoms with van der Waals surface area (Å²) in [7, 11) is 0. The molecule has 1 heterocycles. The molecule has 1 aromatic heterocycles. The van der Waals surface area contributed by atoms with Gasteiger partial charge in [-0.2, -0.15) is 0 Å². The van der Waals surface area contributed by atoms with Gasteiger partial charge in [0.2, 0.25) is 0 Å². The smallest absolute Gasteiger partial charge is 0.174 e. The molecule has 0 unspecified atom stereocenters. The summed E-state index contributed by atoms with van der Waals surface area (Å²) in [6.07, 6.45) is 0. The highest BCUT2D eigenvalue weighted by molar-refractivity contribution is 5.35. The minimum absolute atomic E-state index is 0.401. The SMILES string of the molecule is Cc1ccc(OCc2cc(CNC(C)C)no2)c(C)c1. The molecule has 0 fully saturated rings. The summed E-state index contributed by atoms with van der Waals surface area (Å²) in [5, 5.41) is 7.32. The van der Waals surface area contributed by atoms with Gasteiger partial charge in [-0.25, -0.2) is 0 Å². The van der Waals surface area contributed by atoms with Crippen molar-refractivity contribution in [2.45, 2.75) is 46.9 Å². The number of nitrogens with zero attached hydrogens (tertiary/aromatic N) is 1. The van der Waals surface area contributed by atoms with Gasteiger partial charge in [-0.05, 0) is 25.5 Å². The van der Waals surface area contributed by atoms with E-state index in [9.17, 15) is 0 Å². The highest BCUT2D eigenvalue weighted by Crippen LogP contribution is 2.20. The fraction of sp³-hybridized carbons (Fsp3) is 0.438. The number of nitrogens with one attached hydrogen (secondary N) is 1. The van der Waals surface area contributed by atoms with E-state index in [0.717, 1.165) is 22.8 Å². The zero-order valence-corrected chi connectivity index (χ0v) is 12.6. The number of hydrogen-bond acceptors (Lipinski definition) is 4. The Labute approximate surface area is 120 Å². The van der Waals surface area contributed by atoms with E-state index in [2.05, 4.69) is 37.3 Å². The topological polar surface area (TPSA) is 47.3 Å². The van der Waals surface area contributed by atoms with Crippen molar-refractivity contribution in [2.24, 2.45) is 0 Å². The van der Waals surface area contributed by atoms with E-state index in [4.69, 9.17) is 9.26 Å². The predicted molar refractivity (Wildman–Crippen MR) is 78.7 cm³/mol. The molecule has 2 rings (SSSR count). The summed E-state index contributed by atoms with van der Waals surface area (Å²) < 4.78 is 11.0. The summed E-state index contributed by atoms with van der Waals surface area (Å²) in [6, 6.07) is 8.50. The molecule has 0 saturated heterocycles. The number of aromatic nitrogens is 1. The van der Waals surface area contributed by atoms with Crippen molar-refractivity contribution in [1.29, 1.82) is 0 Å². The number of ether oxygens (including phenoxy) is 1. The van der Waals surface area contributed by atoms with Crippen molar-refractivity contribution in [2.75, 3.05) is 0 Å². The maximum absolute atomic E-state index is 5.76. The molecule has 0 aliphatic carbocycles. The van der Waals surface area contributed by atoms with E-state index in [1.165, 1.54) is 5.56 Å². The molecule has 20 heavy (non-hydrogen) atoms. The Morgan fingerprint density at radius 3 is 2.75 bits per heavy atom. The van der Waals surface area contributed by atoms with Gasteiger partial charge >= 0.3 is 0 Å². The number of aryl methyl sites for hydroxylation is 2. The van der Waals surface area contributed by atoms with E-state index >= 15 is 0 Å². The van der Waals surface area contributed by atoms with Crippen molar-refractivity contribution in [3.05, 3.63) is 46.8 Å².